The Morgan fingerprint density at radius 3 is 2.68 bits per heavy atom. The lowest BCUT2D eigenvalue weighted by Crippen LogP contribution is -2.29. The van der Waals surface area contributed by atoms with Crippen molar-refractivity contribution in [2.75, 3.05) is 12.3 Å². The van der Waals surface area contributed by atoms with E-state index >= 15 is 0 Å². The minimum absolute atomic E-state index is 0.415. The van der Waals surface area contributed by atoms with Crippen LogP contribution < -0.4 is 5.32 Å². The van der Waals surface area contributed by atoms with Gasteiger partial charge >= 0.3 is 6.18 Å². The topological polar surface area (TPSA) is 45.1 Å². The third kappa shape index (κ3) is 5.00. The van der Waals surface area contributed by atoms with E-state index in [0.717, 1.165) is 25.1 Å². The summed E-state index contributed by atoms with van der Waals surface area (Å²) in [6, 6.07) is 2.86. The lowest BCUT2D eigenvalue weighted by atomic mass is 10.3. The first-order valence-electron chi connectivity index (χ1n) is 6.02. The van der Waals surface area contributed by atoms with Crippen LogP contribution in [0.1, 0.15) is 18.4 Å². The van der Waals surface area contributed by atoms with Gasteiger partial charge in [-0.2, -0.15) is 13.2 Å². The minimum Gasteiger partial charge on any atom is -0.391 e. The van der Waals surface area contributed by atoms with Gasteiger partial charge in [0, 0.05) is 24.5 Å². The summed E-state index contributed by atoms with van der Waals surface area (Å²) in [5, 5.41) is 13.4. The Hall–Kier alpha value is -0.790. The Balaban J connectivity index is 1.75. The molecule has 1 aliphatic rings. The van der Waals surface area contributed by atoms with Crippen LogP contribution in [0.25, 0.3) is 0 Å². The highest BCUT2D eigenvalue weighted by Crippen LogP contribution is 2.29. The van der Waals surface area contributed by atoms with Crippen molar-refractivity contribution in [2.45, 2.75) is 36.2 Å². The van der Waals surface area contributed by atoms with Crippen LogP contribution in [0.3, 0.4) is 0 Å². The fraction of sp³-hybridized carbons (Fsp3) is 0.583. The fourth-order valence-electron chi connectivity index (χ4n) is 1.46. The number of hydrogen-bond donors (Lipinski definition) is 2. The maximum absolute atomic E-state index is 12.3. The van der Waals surface area contributed by atoms with Gasteiger partial charge in [-0.15, -0.1) is 11.8 Å². The number of aromatic nitrogens is 1. The predicted octanol–water partition coefficient (Wildman–Crippen LogP) is 2.31. The van der Waals surface area contributed by atoms with Gasteiger partial charge in [-0.05, 0) is 25.0 Å². The standard InChI is InChI=1S/C12H15F3N2OS/c13-12(14,15)8-1-4-11(17-5-8)19-7-10(18)6-16-9-2-3-9/h1,4-5,9-10,16,18H,2-3,6-7H2. The highest BCUT2D eigenvalue weighted by atomic mass is 32.2. The molecular weight excluding hydrogens is 277 g/mol. The van der Waals surface area contributed by atoms with E-state index in [1.807, 2.05) is 0 Å². The lowest BCUT2D eigenvalue weighted by molar-refractivity contribution is -0.137. The molecule has 0 bridgehead atoms. The first-order chi connectivity index (χ1) is 8.95. The average molecular weight is 292 g/mol. The highest BCUT2D eigenvalue weighted by Gasteiger charge is 2.30. The van der Waals surface area contributed by atoms with Crippen molar-refractivity contribution in [3.05, 3.63) is 23.9 Å². The smallest absolute Gasteiger partial charge is 0.391 e. The number of aliphatic hydroxyl groups is 1. The molecule has 19 heavy (non-hydrogen) atoms. The van der Waals surface area contributed by atoms with Crippen LogP contribution in [0.4, 0.5) is 13.2 Å². The van der Waals surface area contributed by atoms with Crippen molar-refractivity contribution < 1.29 is 18.3 Å². The Kier molecular flexibility index (Phi) is 4.70. The van der Waals surface area contributed by atoms with Crippen LogP contribution in [0.15, 0.2) is 23.4 Å². The number of rotatable bonds is 6. The predicted molar refractivity (Wildman–Crippen MR) is 67.0 cm³/mol. The van der Waals surface area contributed by atoms with Gasteiger partial charge in [0.05, 0.1) is 16.7 Å². The molecule has 0 spiro atoms. The van der Waals surface area contributed by atoms with Crippen LogP contribution in [-0.2, 0) is 6.18 Å². The third-order valence-corrected chi connectivity index (χ3v) is 3.80. The Labute approximate surface area is 113 Å². The summed E-state index contributed by atoms with van der Waals surface area (Å²) in [6.45, 7) is 0.512. The zero-order valence-electron chi connectivity index (χ0n) is 10.2. The van der Waals surface area contributed by atoms with E-state index in [4.69, 9.17) is 0 Å². The van der Waals surface area contributed by atoms with Crippen molar-refractivity contribution in [1.29, 1.82) is 0 Å². The van der Waals surface area contributed by atoms with Crippen molar-refractivity contribution in [1.82, 2.24) is 10.3 Å². The maximum Gasteiger partial charge on any atom is 0.417 e. The molecular formula is C12H15F3N2OS. The number of aliphatic hydroxyl groups excluding tert-OH is 1. The molecule has 0 amide bonds. The van der Waals surface area contributed by atoms with Gasteiger partial charge in [0.15, 0.2) is 0 Å². The van der Waals surface area contributed by atoms with Crippen LogP contribution in [0, 0.1) is 0 Å². The first-order valence-corrected chi connectivity index (χ1v) is 7.01. The highest BCUT2D eigenvalue weighted by molar-refractivity contribution is 7.99. The summed E-state index contributed by atoms with van der Waals surface area (Å²) in [7, 11) is 0. The second-order valence-corrected chi connectivity index (χ2v) is 5.57. The summed E-state index contributed by atoms with van der Waals surface area (Å²) in [4.78, 5) is 3.74. The van der Waals surface area contributed by atoms with E-state index < -0.39 is 17.8 Å². The molecule has 0 aromatic carbocycles. The lowest BCUT2D eigenvalue weighted by Gasteiger charge is -2.11. The zero-order chi connectivity index (χ0) is 13.9. The van der Waals surface area contributed by atoms with E-state index in [0.29, 0.717) is 23.4 Å². The van der Waals surface area contributed by atoms with Gasteiger partial charge in [-0.1, -0.05) is 0 Å². The number of halogens is 3. The van der Waals surface area contributed by atoms with Gasteiger partial charge in [-0.25, -0.2) is 4.98 Å². The molecule has 3 nitrogen and oxygen atoms in total. The molecule has 1 unspecified atom stereocenters. The van der Waals surface area contributed by atoms with E-state index in [1.165, 1.54) is 17.8 Å². The maximum atomic E-state index is 12.3. The minimum atomic E-state index is -4.36. The Morgan fingerprint density at radius 1 is 1.42 bits per heavy atom. The van der Waals surface area contributed by atoms with E-state index in [9.17, 15) is 18.3 Å². The summed E-state index contributed by atoms with van der Waals surface area (Å²) < 4.78 is 37.0. The molecule has 2 rings (SSSR count). The molecule has 2 N–H and O–H groups in total. The number of thioether (sulfide) groups is 1. The van der Waals surface area contributed by atoms with Gasteiger partial charge in [0.2, 0.25) is 0 Å². The van der Waals surface area contributed by atoms with E-state index in [-0.39, 0.29) is 0 Å². The number of pyridine rings is 1. The van der Waals surface area contributed by atoms with Crippen molar-refractivity contribution >= 4 is 11.8 Å². The number of nitrogens with zero attached hydrogens (tertiary/aromatic N) is 1. The number of alkyl halides is 3. The largest absolute Gasteiger partial charge is 0.417 e. The molecule has 1 aromatic rings. The Bertz CT molecular complexity index is 406. The molecule has 0 radical (unpaired) electrons. The molecule has 0 saturated heterocycles. The van der Waals surface area contributed by atoms with Crippen LogP contribution in [-0.4, -0.2) is 34.5 Å². The normalized spacial score (nSPS) is 17.5. The second kappa shape index (κ2) is 6.11. The molecule has 1 aliphatic carbocycles. The summed E-state index contributed by atoms with van der Waals surface area (Å²) in [5.41, 5.74) is -0.757. The summed E-state index contributed by atoms with van der Waals surface area (Å²) in [6.07, 6.45) is -1.75. The summed E-state index contributed by atoms with van der Waals surface area (Å²) in [5.74, 6) is 0.415. The average Bonchev–Trinajstić information content (AvgIpc) is 3.17. The Morgan fingerprint density at radius 2 is 2.16 bits per heavy atom. The molecule has 1 aromatic heterocycles. The van der Waals surface area contributed by atoms with Gasteiger partial charge in [-0.3, -0.25) is 0 Å². The quantitative estimate of drug-likeness (QED) is 0.790. The van der Waals surface area contributed by atoms with Crippen LogP contribution >= 0.6 is 11.8 Å². The van der Waals surface area contributed by atoms with E-state index in [1.54, 1.807) is 0 Å². The van der Waals surface area contributed by atoms with Crippen molar-refractivity contribution in [3.63, 3.8) is 0 Å². The first kappa shape index (κ1) is 14.6. The van der Waals surface area contributed by atoms with Crippen molar-refractivity contribution in [2.24, 2.45) is 0 Å². The van der Waals surface area contributed by atoms with Crippen LogP contribution in [0.5, 0.6) is 0 Å². The van der Waals surface area contributed by atoms with Gasteiger partial charge in [0.1, 0.15) is 0 Å². The monoisotopic (exact) mass is 292 g/mol. The number of hydrogen-bond acceptors (Lipinski definition) is 4. The number of nitrogens with one attached hydrogen (secondary N) is 1. The van der Waals surface area contributed by atoms with E-state index in [2.05, 4.69) is 10.3 Å². The summed E-state index contributed by atoms with van der Waals surface area (Å²) >= 11 is 1.25. The molecule has 1 saturated carbocycles. The molecule has 1 atom stereocenters. The fourth-order valence-corrected chi connectivity index (χ4v) is 2.24. The second-order valence-electron chi connectivity index (χ2n) is 4.53. The molecule has 1 fully saturated rings. The third-order valence-electron chi connectivity index (χ3n) is 2.71. The SMILES string of the molecule is OC(CNC1CC1)CSc1ccc(C(F)(F)F)cn1. The zero-order valence-corrected chi connectivity index (χ0v) is 11.0. The molecule has 7 heteroatoms. The van der Waals surface area contributed by atoms with Gasteiger partial charge < -0.3 is 10.4 Å². The molecule has 1 heterocycles. The van der Waals surface area contributed by atoms with Crippen LogP contribution in [0.2, 0.25) is 0 Å². The van der Waals surface area contributed by atoms with Crippen molar-refractivity contribution in [3.8, 4) is 0 Å². The molecule has 106 valence electrons. The molecule has 0 aliphatic heterocycles. The van der Waals surface area contributed by atoms with Gasteiger partial charge in [0.25, 0.3) is 0 Å².